The normalized spacial score (nSPS) is 13.4. The first-order valence-electron chi connectivity index (χ1n) is 3.12. The fraction of sp³-hybridized carbons (Fsp3) is 1.00. The summed E-state index contributed by atoms with van der Waals surface area (Å²) < 4.78 is 0. The molecule has 0 aliphatic carbocycles. The maximum absolute atomic E-state index is 8.65. The molecule has 0 aromatic heterocycles. The van der Waals surface area contributed by atoms with Gasteiger partial charge in [-0.25, -0.2) is 9.78 Å². The Morgan fingerprint density at radius 2 is 1.91 bits per heavy atom. The standard InChI is InChI=1S/C5H12O6/c6-1-2-9-11-10-4-5(8)3-7/h5-8H,1-4H2. The van der Waals surface area contributed by atoms with Crippen molar-refractivity contribution in [1.29, 1.82) is 0 Å². The Bertz CT molecular complexity index is 77.4. The molecule has 0 rings (SSSR count). The van der Waals surface area contributed by atoms with E-state index in [1.807, 2.05) is 0 Å². The van der Waals surface area contributed by atoms with Gasteiger partial charge in [0.15, 0.2) is 0 Å². The molecule has 0 fully saturated rings. The molecule has 0 aromatic carbocycles. The smallest absolute Gasteiger partial charge is 0.113 e. The maximum Gasteiger partial charge on any atom is 0.113 e. The number of aliphatic hydroxyl groups excluding tert-OH is 3. The van der Waals surface area contributed by atoms with E-state index in [0.29, 0.717) is 0 Å². The van der Waals surface area contributed by atoms with Gasteiger partial charge in [0.25, 0.3) is 0 Å². The molecule has 0 bridgehead atoms. The van der Waals surface area contributed by atoms with E-state index in [9.17, 15) is 0 Å². The quantitative estimate of drug-likeness (QED) is 0.236. The van der Waals surface area contributed by atoms with Gasteiger partial charge in [0.2, 0.25) is 0 Å². The molecule has 0 aliphatic heterocycles. The lowest BCUT2D eigenvalue weighted by atomic mass is 10.4. The molecule has 0 aliphatic rings. The van der Waals surface area contributed by atoms with Crippen LogP contribution in [0, 0.1) is 0 Å². The highest BCUT2D eigenvalue weighted by molar-refractivity contribution is 4.45. The molecular formula is C5H12O6. The van der Waals surface area contributed by atoms with E-state index in [-0.39, 0.29) is 19.8 Å². The van der Waals surface area contributed by atoms with E-state index in [2.05, 4.69) is 14.8 Å². The van der Waals surface area contributed by atoms with Crippen LogP contribution in [-0.4, -0.2) is 47.9 Å². The Hall–Kier alpha value is -0.240. The van der Waals surface area contributed by atoms with Crippen molar-refractivity contribution in [3.63, 3.8) is 0 Å². The Morgan fingerprint density at radius 1 is 1.18 bits per heavy atom. The Labute approximate surface area is 63.8 Å². The lowest BCUT2D eigenvalue weighted by Gasteiger charge is -2.05. The lowest BCUT2D eigenvalue weighted by molar-refractivity contribution is -0.516. The van der Waals surface area contributed by atoms with Gasteiger partial charge in [0, 0.05) is 0 Å². The predicted molar refractivity (Wildman–Crippen MR) is 33.2 cm³/mol. The van der Waals surface area contributed by atoms with Crippen molar-refractivity contribution >= 4 is 0 Å². The number of aliphatic hydroxyl groups is 3. The summed E-state index contributed by atoms with van der Waals surface area (Å²) in [5.74, 6) is 0. The first-order valence-corrected chi connectivity index (χ1v) is 3.12. The van der Waals surface area contributed by atoms with Crippen LogP contribution in [0.1, 0.15) is 0 Å². The van der Waals surface area contributed by atoms with E-state index < -0.39 is 12.7 Å². The average Bonchev–Trinajstić information content (AvgIpc) is 2.04. The van der Waals surface area contributed by atoms with Crippen LogP contribution in [0.4, 0.5) is 0 Å². The molecule has 6 nitrogen and oxygen atoms in total. The van der Waals surface area contributed by atoms with Gasteiger partial charge in [-0.1, -0.05) is 5.04 Å². The van der Waals surface area contributed by atoms with E-state index in [1.165, 1.54) is 0 Å². The van der Waals surface area contributed by atoms with Gasteiger partial charge in [-0.05, 0) is 0 Å². The van der Waals surface area contributed by atoms with Crippen molar-refractivity contribution in [2.24, 2.45) is 0 Å². The number of hydrogen-bond acceptors (Lipinski definition) is 6. The molecule has 1 unspecified atom stereocenters. The van der Waals surface area contributed by atoms with Crippen LogP contribution in [0.15, 0.2) is 0 Å². The van der Waals surface area contributed by atoms with Gasteiger partial charge in [-0.2, -0.15) is 0 Å². The second-order valence-electron chi connectivity index (χ2n) is 1.73. The van der Waals surface area contributed by atoms with Crippen molar-refractivity contribution in [1.82, 2.24) is 0 Å². The van der Waals surface area contributed by atoms with Crippen LogP contribution in [0.5, 0.6) is 0 Å². The molecule has 1 atom stereocenters. The fourth-order valence-electron chi connectivity index (χ4n) is 0.264. The lowest BCUT2D eigenvalue weighted by Crippen LogP contribution is -2.19. The molecule has 0 saturated heterocycles. The molecule has 6 heteroatoms. The van der Waals surface area contributed by atoms with E-state index in [4.69, 9.17) is 15.3 Å². The largest absolute Gasteiger partial charge is 0.394 e. The van der Waals surface area contributed by atoms with Gasteiger partial charge < -0.3 is 15.3 Å². The minimum atomic E-state index is -0.979. The van der Waals surface area contributed by atoms with Crippen molar-refractivity contribution in [3.8, 4) is 0 Å². The second-order valence-corrected chi connectivity index (χ2v) is 1.73. The Kier molecular flexibility index (Phi) is 7.69. The van der Waals surface area contributed by atoms with Crippen LogP contribution in [0.25, 0.3) is 0 Å². The summed E-state index contributed by atoms with van der Waals surface area (Å²) in [5.41, 5.74) is 0. The highest BCUT2D eigenvalue weighted by Gasteiger charge is 2.01. The third kappa shape index (κ3) is 7.66. The van der Waals surface area contributed by atoms with Gasteiger partial charge in [0.1, 0.15) is 19.3 Å². The SMILES string of the molecule is OCCOOOCC(O)CO. The van der Waals surface area contributed by atoms with Gasteiger partial charge >= 0.3 is 0 Å². The maximum atomic E-state index is 8.65. The van der Waals surface area contributed by atoms with Gasteiger partial charge in [0.05, 0.1) is 13.2 Å². The molecule has 0 radical (unpaired) electrons. The molecule has 0 heterocycles. The fourth-order valence-corrected chi connectivity index (χ4v) is 0.264. The number of rotatable bonds is 7. The first kappa shape index (κ1) is 10.8. The van der Waals surface area contributed by atoms with Crippen molar-refractivity contribution in [2.75, 3.05) is 26.4 Å². The second kappa shape index (κ2) is 7.86. The zero-order valence-electron chi connectivity index (χ0n) is 5.97. The molecule has 3 N–H and O–H groups in total. The van der Waals surface area contributed by atoms with E-state index >= 15 is 0 Å². The Balaban J connectivity index is 2.89. The zero-order chi connectivity index (χ0) is 8.53. The van der Waals surface area contributed by atoms with Crippen molar-refractivity contribution < 1.29 is 30.1 Å². The molecule has 0 saturated carbocycles. The highest BCUT2D eigenvalue weighted by atomic mass is 17.5. The van der Waals surface area contributed by atoms with Crippen molar-refractivity contribution in [3.05, 3.63) is 0 Å². The van der Waals surface area contributed by atoms with E-state index in [0.717, 1.165) is 0 Å². The van der Waals surface area contributed by atoms with Gasteiger partial charge in [-0.15, -0.1) is 0 Å². The molecule has 11 heavy (non-hydrogen) atoms. The molecule has 0 spiro atoms. The van der Waals surface area contributed by atoms with E-state index in [1.54, 1.807) is 0 Å². The van der Waals surface area contributed by atoms with Crippen LogP contribution >= 0.6 is 0 Å². The number of hydrogen-bond donors (Lipinski definition) is 3. The molecule has 68 valence electrons. The van der Waals surface area contributed by atoms with Crippen LogP contribution in [0.3, 0.4) is 0 Å². The zero-order valence-corrected chi connectivity index (χ0v) is 5.97. The van der Waals surface area contributed by atoms with Gasteiger partial charge in [-0.3, -0.25) is 0 Å². The topological polar surface area (TPSA) is 88.4 Å². The summed E-state index contributed by atoms with van der Waals surface area (Å²) in [6.07, 6.45) is -0.979. The molecule has 0 amide bonds. The summed E-state index contributed by atoms with van der Waals surface area (Å²) in [6, 6.07) is 0. The summed E-state index contributed by atoms with van der Waals surface area (Å²) in [7, 11) is 0. The highest BCUT2D eigenvalue weighted by Crippen LogP contribution is 1.85. The molecule has 0 aromatic rings. The summed E-state index contributed by atoms with van der Waals surface area (Å²) in [4.78, 5) is 8.46. The minimum absolute atomic E-state index is 0.00474. The van der Waals surface area contributed by atoms with Crippen LogP contribution in [0.2, 0.25) is 0 Å². The third-order valence-electron chi connectivity index (χ3n) is 0.742. The van der Waals surface area contributed by atoms with Crippen molar-refractivity contribution in [2.45, 2.75) is 6.10 Å². The molecular weight excluding hydrogens is 156 g/mol. The minimum Gasteiger partial charge on any atom is -0.394 e. The summed E-state index contributed by atoms with van der Waals surface area (Å²) in [6.45, 7) is -0.758. The Morgan fingerprint density at radius 3 is 2.45 bits per heavy atom. The van der Waals surface area contributed by atoms with Crippen LogP contribution < -0.4 is 0 Å². The summed E-state index contributed by atoms with van der Waals surface area (Å²) in [5, 5.41) is 29.1. The third-order valence-corrected chi connectivity index (χ3v) is 0.742. The monoisotopic (exact) mass is 168 g/mol. The summed E-state index contributed by atoms with van der Waals surface area (Å²) >= 11 is 0. The van der Waals surface area contributed by atoms with Crippen LogP contribution in [-0.2, 0) is 14.8 Å². The predicted octanol–water partition coefficient (Wildman–Crippen LogP) is -1.79. The average molecular weight is 168 g/mol. The first-order chi connectivity index (χ1) is 5.31.